The Balaban J connectivity index is 1.56. The highest BCUT2D eigenvalue weighted by molar-refractivity contribution is 7.17. The number of likely N-dealkylation sites (tertiary alicyclic amines) is 1. The summed E-state index contributed by atoms with van der Waals surface area (Å²) in [4.78, 5) is 31.6. The van der Waals surface area contributed by atoms with Crippen LogP contribution < -0.4 is 5.56 Å². The fourth-order valence-corrected chi connectivity index (χ4v) is 4.96. The second-order valence-electron chi connectivity index (χ2n) is 6.65. The molecule has 0 spiro atoms. The third-order valence-electron chi connectivity index (χ3n) is 5.30. The number of rotatable bonds is 2. The summed E-state index contributed by atoms with van der Waals surface area (Å²) in [6.45, 7) is 0.951. The van der Waals surface area contributed by atoms with Crippen molar-refractivity contribution < 1.29 is 4.79 Å². The van der Waals surface area contributed by atoms with E-state index in [0.717, 1.165) is 19.4 Å². The molecule has 0 unspecified atom stereocenters. The van der Waals surface area contributed by atoms with Crippen LogP contribution in [0.4, 0.5) is 0 Å². The van der Waals surface area contributed by atoms with E-state index in [1.807, 2.05) is 16.3 Å². The smallest absolute Gasteiger partial charge is 0.271 e. The predicted octanol–water partition coefficient (Wildman–Crippen LogP) is 2.64. The lowest BCUT2D eigenvalue weighted by Crippen LogP contribution is -2.51. The molecule has 1 saturated heterocycles. The minimum Gasteiger partial charge on any atom is -0.338 e. The molecule has 5 nitrogen and oxygen atoms in total. The predicted molar refractivity (Wildman–Crippen MR) is 90.6 cm³/mol. The number of piperidine rings is 1. The first kappa shape index (κ1) is 14.9. The first-order valence-electron chi connectivity index (χ1n) is 8.46. The molecule has 0 N–H and O–H groups in total. The Hall–Kier alpha value is -1.69. The van der Waals surface area contributed by atoms with Crippen molar-refractivity contribution in [1.82, 2.24) is 14.5 Å². The summed E-state index contributed by atoms with van der Waals surface area (Å²) in [6, 6.07) is 2.23. The first-order valence-corrected chi connectivity index (χ1v) is 9.34. The van der Waals surface area contributed by atoms with Crippen LogP contribution in [0.1, 0.15) is 38.5 Å². The van der Waals surface area contributed by atoms with Gasteiger partial charge >= 0.3 is 0 Å². The maximum Gasteiger partial charge on any atom is 0.271 e. The van der Waals surface area contributed by atoms with E-state index < -0.39 is 0 Å². The second-order valence-corrected chi connectivity index (χ2v) is 7.57. The molecule has 23 heavy (non-hydrogen) atoms. The first-order chi connectivity index (χ1) is 11.2. The summed E-state index contributed by atoms with van der Waals surface area (Å²) in [5.74, 6) is 0.734. The SMILES string of the molecule is O=C(Cn1cnc2ccsc2c1=O)N1CCC[C@@H]2CCCC[C@@H]21. The Kier molecular flexibility index (Phi) is 3.93. The van der Waals surface area contributed by atoms with Crippen LogP contribution in [0.3, 0.4) is 0 Å². The average Bonchev–Trinajstić information content (AvgIpc) is 3.06. The highest BCUT2D eigenvalue weighted by atomic mass is 32.1. The van der Waals surface area contributed by atoms with Crippen LogP contribution in [0.15, 0.2) is 22.6 Å². The quantitative estimate of drug-likeness (QED) is 0.850. The van der Waals surface area contributed by atoms with Gasteiger partial charge in [-0.3, -0.25) is 14.2 Å². The molecule has 6 heteroatoms. The number of fused-ring (bicyclic) bond motifs is 2. The molecule has 2 aliphatic rings. The molecule has 3 heterocycles. The number of carbonyl (C=O) groups excluding carboxylic acids is 1. The molecule has 122 valence electrons. The van der Waals surface area contributed by atoms with Crippen LogP contribution >= 0.6 is 11.3 Å². The van der Waals surface area contributed by atoms with E-state index >= 15 is 0 Å². The van der Waals surface area contributed by atoms with E-state index in [1.54, 1.807) is 0 Å². The molecule has 4 rings (SSSR count). The number of hydrogen-bond donors (Lipinski definition) is 0. The maximum absolute atomic E-state index is 12.8. The van der Waals surface area contributed by atoms with E-state index in [-0.39, 0.29) is 18.0 Å². The molecule has 1 aliphatic carbocycles. The number of carbonyl (C=O) groups is 1. The summed E-state index contributed by atoms with van der Waals surface area (Å²) in [5.41, 5.74) is 0.615. The summed E-state index contributed by atoms with van der Waals surface area (Å²) in [7, 11) is 0. The fourth-order valence-electron chi connectivity index (χ4n) is 4.16. The van der Waals surface area contributed by atoms with Crippen molar-refractivity contribution in [2.24, 2.45) is 5.92 Å². The third kappa shape index (κ3) is 2.69. The number of aromatic nitrogens is 2. The highest BCUT2D eigenvalue weighted by Crippen LogP contribution is 2.35. The Morgan fingerprint density at radius 1 is 1.26 bits per heavy atom. The van der Waals surface area contributed by atoms with Gasteiger partial charge in [0.05, 0.1) is 11.8 Å². The van der Waals surface area contributed by atoms with Gasteiger partial charge in [-0.15, -0.1) is 11.3 Å². The van der Waals surface area contributed by atoms with E-state index in [0.29, 0.717) is 22.2 Å². The number of nitrogens with zero attached hydrogens (tertiary/aromatic N) is 3. The average molecular weight is 331 g/mol. The summed E-state index contributed by atoms with van der Waals surface area (Å²) in [5, 5.41) is 1.86. The lowest BCUT2D eigenvalue weighted by molar-refractivity contribution is -0.138. The minimum atomic E-state index is -0.101. The Bertz CT molecular complexity index is 779. The normalized spacial score (nSPS) is 24.6. The van der Waals surface area contributed by atoms with Gasteiger partial charge in [-0.1, -0.05) is 12.8 Å². The summed E-state index contributed by atoms with van der Waals surface area (Å²) < 4.78 is 2.10. The van der Waals surface area contributed by atoms with E-state index in [4.69, 9.17) is 0 Å². The van der Waals surface area contributed by atoms with Crippen molar-refractivity contribution >= 4 is 27.5 Å². The van der Waals surface area contributed by atoms with Crippen LogP contribution in [0.25, 0.3) is 10.2 Å². The van der Waals surface area contributed by atoms with Crippen molar-refractivity contribution in [3.8, 4) is 0 Å². The summed E-state index contributed by atoms with van der Waals surface area (Å²) in [6.07, 6.45) is 8.72. The lowest BCUT2D eigenvalue weighted by Gasteiger charge is -2.44. The molecule has 2 aromatic rings. The molecule has 0 aromatic carbocycles. The number of thiophene rings is 1. The zero-order valence-corrected chi connectivity index (χ0v) is 13.9. The molecule has 1 aliphatic heterocycles. The van der Waals surface area contributed by atoms with Crippen LogP contribution in [-0.4, -0.2) is 32.9 Å². The van der Waals surface area contributed by atoms with Crippen molar-refractivity contribution in [2.45, 2.75) is 51.1 Å². The van der Waals surface area contributed by atoms with Crippen molar-refractivity contribution in [3.05, 3.63) is 28.1 Å². The van der Waals surface area contributed by atoms with Gasteiger partial charge in [0.2, 0.25) is 5.91 Å². The molecule has 2 aromatic heterocycles. The van der Waals surface area contributed by atoms with Gasteiger partial charge in [-0.25, -0.2) is 4.98 Å². The van der Waals surface area contributed by atoms with Crippen LogP contribution in [0.2, 0.25) is 0 Å². The molecule has 2 fully saturated rings. The molecule has 0 bridgehead atoms. The van der Waals surface area contributed by atoms with Gasteiger partial charge in [0.15, 0.2) is 0 Å². The summed E-state index contributed by atoms with van der Waals surface area (Å²) >= 11 is 1.39. The van der Waals surface area contributed by atoms with Crippen LogP contribution in [-0.2, 0) is 11.3 Å². The standard InChI is InChI=1S/C17H21N3O2S/c21-15(20-8-3-5-12-4-1-2-6-14(12)20)10-19-11-18-13-7-9-23-16(13)17(19)22/h7,9,11-12,14H,1-6,8,10H2/t12-,14-/m0/s1. The molecular formula is C17H21N3O2S. The van der Waals surface area contributed by atoms with Crippen molar-refractivity contribution in [2.75, 3.05) is 6.54 Å². The fraction of sp³-hybridized carbons (Fsp3) is 0.588. The monoisotopic (exact) mass is 331 g/mol. The van der Waals surface area contributed by atoms with Crippen molar-refractivity contribution in [3.63, 3.8) is 0 Å². The second kappa shape index (κ2) is 6.07. The van der Waals surface area contributed by atoms with Gasteiger partial charge in [-0.2, -0.15) is 0 Å². The maximum atomic E-state index is 12.8. The van der Waals surface area contributed by atoms with Gasteiger partial charge in [0.25, 0.3) is 5.56 Å². The van der Waals surface area contributed by atoms with Gasteiger partial charge in [0, 0.05) is 12.6 Å². The van der Waals surface area contributed by atoms with E-state index in [1.165, 1.54) is 47.9 Å². The highest BCUT2D eigenvalue weighted by Gasteiger charge is 2.35. The van der Waals surface area contributed by atoms with E-state index in [9.17, 15) is 9.59 Å². The topological polar surface area (TPSA) is 55.2 Å². The van der Waals surface area contributed by atoms with Gasteiger partial charge < -0.3 is 4.90 Å². The van der Waals surface area contributed by atoms with Crippen LogP contribution in [0, 0.1) is 5.92 Å². The minimum absolute atomic E-state index is 0.0707. The third-order valence-corrected chi connectivity index (χ3v) is 6.20. The molecular weight excluding hydrogens is 310 g/mol. The van der Waals surface area contributed by atoms with Gasteiger partial charge in [0.1, 0.15) is 11.2 Å². The zero-order chi connectivity index (χ0) is 15.8. The molecule has 1 saturated carbocycles. The number of amides is 1. The van der Waals surface area contributed by atoms with E-state index in [2.05, 4.69) is 4.98 Å². The van der Waals surface area contributed by atoms with Crippen LogP contribution in [0.5, 0.6) is 0 Å². The molecule has 2 atom stereocenters. The van der Waals surface area contributed by atoms with Crippen molar-refractivity contribution in [1.29, 1.82) is 0 Å². The lowest BCUT2D eigenvalue weighted by atomic mass is 9.78. The Morgan fingerprint density at radius 2 is 2.09 bits per heavy atom. The Morgan fingerprint density at radius 3 is 3.00 bits per heavy atom. The molecule has 0 radical (unpaired) electrons. The largest absolute Gasteiger partial charge is 0.338 e. The molecule has 1 amide bonds. The zero-order valence-electron chi connectivity index (χ0n) is 13.1. The van der Waals surface area contributed by atoms with Gasteiger partial charge in [-0.05, 0) is 43.0 Å². The Labute approximate surface area is 138 Å². The number of hydrogen-bond acceptors (Lipinski definition) is 4.